The number of nitrogens with one attached hydrogen (secondary N) is 1. The van der Waals surface area contributed by atoms with Gasteiger partial charge in [0.05, 0.1) is 15.8 Å². The van der Waals surface area contributed by atoms with Gasteiger partial charge in [-0.25, -0.2) is 4.39 Å². The van der Waals surface area contributed by atoms with Crippen LogP contribution in [0.3, 0.4) is 0 Å². The molecule has 0 heterocycles. The monoisotopic (exact) mass is 498 g/mol. The first-order valence-electron chi connectivity index (χ1n) is 10.7. The summed E-state index contributed by atoms with van der Waals surface area (Å²) in [6.07, 6.45) is 2.32. The molecule has 2 aromatic rings. The first-order valence-corrected chi connectivity index (χ1v) is 12.6. The molecule has 1 atom stereocenters. The number of carbonyl (C=O) groups is 2. The Hall–Kier alpha value is -1.76. The van der Waals surface area contributed by atoms with Crippen LogP contribution in [0.25, 0.3) is 0 Å². The van der Waals surface area contributed by atoms with Crippen molar-refractivity contribution in [1.29, 1.82) is 0 Å². The van der Waals surface area contributed by atoms with Crippen LogP contribution in [0.4, 0.5) is 4.39 Å². The van der Waals surface area contributed by atoms with Crippen LogP contribution in [0.1, 0.15) is 44.2 Å². The van der Waals surface area contributed by atoms with Gasteiger partial charge in [0.2, 0.25) is 11.8 Å². The molecule has 0 unspecified atom stereocenters. The minimum Gasteiger partial charge on any atom is -0.354 e. The first-order chi connectivity index (χ1) is 15.4. The van der Waals surface area contributed by atoms with Crippen molar-refractivity contribution < 1.29 is 14.0 Å². The molecular weight excluding hydrogens is 470 g/mol. The minimum absolute atomic E-state index is 0.133. The maximum absolute atomic E-state index is 13.9. The van der Waals surface area contributed by atoms with Gasteiger partial charge in [-0.05, 0) is 42.2 Å². The van der Waals surface area contributed by atoms with Crippen molar-refractivity contribution in [3.63, 3.8) is 0 Å². The number of hydrogen-bond donors (Lipinski definition) is 1. The summed E-state index contributed by atoms with van der Waals surface area (Å²) in [5.41, 5.74) is 1.33. The van der Waals surface area contributed by atoms with Crippen LogP contribution in [0.2, 0.25) is 10.0 Å². The van der Waals surface area contributed by atoms with Crippen LogP contribution in [-0.2, 0) is 21.9 Å². The zero-order valence-electron chi connectivity index (χ0n) is 18.4. The van der Waals surface area contributed by atoms with Gasteiger partial charge < -0.3 is 10.2 Å². The molecule has 0 spiro atoms. The summed E-state index contributed by atoms with van der Waals surface area (Å²) in [5.74, 6) is -0.141. The lowest BCUT2D eigenvalue weighted by Crippen LogP contribution is -2.49. The van der Waals surface area contributed by atoms with Crippen molar-refractivity contribution in [3.8, 4) is 0 Å². The number of rotatable bonds is 12. The molecule has 2 amide bonds. The highest BCUT2D eigenvalue weighted by molar-refractivity contribution is 7.99. The van der Waals surface area contributed by atoms with E-state index in [-0.39, 0.29) is 29.9 Å². The highest BCUT2D eigenvalue weighted by Gasteiger charge is 2.28. The molecule has 0 radical (unpaired) electrons. The molecule has 0 aliphatic carbocycles. The number of unbranched alkanes of at least 4 members (excludes halogenated alkanes) is 1. The van der Waals surface area contributed by atoms with E-state index in [1.54, 1.807) is 41.3 Å². The lowest BCUT2D eigenvalue weighted by atomic mass is 10.1. The van der Waals surface area contributed by atoms with Gasteiger partial charge in [-0.15, -0.1) is 11.8 Å². The molecule has 174 valence electrons. The third-order valence-corrected chi connectivity index (χ3v) is 6.70. The van der Waals surface area contributed by atoms with Crippen molar-refractivity contribution in [3.05, 3.63) is 69.5 Å². The second-order valence-electron chi connectivity index (χ2n) is 7.42. The Morgan fingerprint density at radius 2 is 1.88 bits per heavy atom. The van der Waals surface area contributed by atoms with E-state index in [0.29, 0.717) is 34.3 Å². The summed E-state index contributed by atoms with van der Waals surface area (Å²) >= 11 is 13.5. The Kier molecular flexibility index (Phi) is 11.4. The van der Waals surface area contributed by atoms with Gasteiger partial charge in [-0.3, -0.25) is 9.59 Å². The molecule has 0 saturated heterocycles. The molecule has 0 aliphatic rings. The summed E-state index contributed by atoms with van der Waals surface area (Å²) in [5, 5.41) is 3.75. The predicted molar refractivity (Wildman–Crippen MR) is 132 cm³/mol. The van der Waals surface area contributed by atoms with Crippen molar-refractivity contribution in [1.82, 2.24) is 10.2 Å². The highest BCUT2D eigenvalue weighted by Crippen LogP contribution is 2.25. The van der Waals surface area contributed by atoms with Gasteiger partial charge >= 0.3 is 0 Å². The van der Waals surface area contributed by atoms with Crippen molar-refractivity contribution in [2.45, 2.75) is 51.4 Å². The summed E-state index contributed by atoms with van der Waals surface area (Å²) < 4.78 is 13.9. The zero-order chi connectivity index (χ0) is 23.5. The van der Waals surface area contributed by atoms with Crippen molar-refractivity contribution in [2.75, 3.05) is 12.3 Å². The van der Waals surface area contributed by atoms with Gasteiger partial charge in [0.25, 0.3) is 0 Å². The molecule has 4 nitrogen and oxygen atoms in total. The minimum atomic E-state index is -0.608. The average molecular weight is 499 g/mol. The molecular formula is C24H29Cl2FN2O2S. The van der Waals surface area contributed by atoms with Crippen LogP contribution >= 0.6 is 35.0 Å². The SMILES string of the molecule is CCCCNC(=O)[C@H](CC)N(Cc1ccc(Cl)c(Cl)c1)C(=O)CSCc1ccccc1F. The summed E-state index contributed by atoms with van der Waals surface area (Å²) in [6.45, 7) is 4.74. The fourth-order valence-corrected chi connectivity index (χ4v) is 4.42. The molecule has 0 aliphatic heterocycles. The highest BCUT2D eigenvalue weighted by atomic mass is 35.5. The molecule has 2 aromatic carbocycles. The molecule has 32 heavy (non-hydrogen) atoms. The predicted octanol–water partition coefficient (Wildman–Crippen LogP) is 6.09. The van der Waals surface area contributed by atoms with Crippen LogP contribution in [0, 0.1) is 5.82 Å². The molecule has 1 N–H and O–H groups in total. The quantitative estimate of drug-likeness (QED) is 0.360. The van der Waals surface area contributed by atoms with Crippen LogP contribution in [0.15, 0.2) is 42.5 Å². The lowest BCUT2D eigenvalue weighted by Gasteiger charge is -2.30. The summed E-state index contributed by atoms with van der Waals surface area (Å²) in [4.78, 5) is 27.6. The second kappa shape index (κ2) is 13.7. The number of amides is 2. The molecule has 0 fully saturated rings. The van der Waals surface area contributed by atoms with E-state index in [9.17, 15) is 14.0 Å². The van der Waals surface area contributed by atoms with Gasteiger partial charge in [0.1, 0.15) is 11.9 Å². The van der Waals surface area contributed by atoms with E-state index < -0.39 is 6.04 Å². The van der Waals surface area contributed by atoms with Crippen LogP contribution in [-0.4, -0.2) is 35.1 Å². The van der Waals surface area contributed by atoms with Gasteiger partial charge in [0.15, 0.2) is 0 Å². The number of hydrogen-bond acceptors (Lipinski definition) is 3. The van der Waals surface area contributed by atoms with E-state index in [1.165, 1.54) is 17.8 Å². The van der Waals surface area contributed by atoms with Crippen molar-refractivity contribution >= 4 is 46.8 Å². The maximum atomic E-state index is 13.9. The zero-order valence-corrected chi connectivity index (χ0v) is 20.7. The Labute approximate surface area is 203 Å². The molecule has 0 aromatic heterocycles. The number of nitrogens with zero attached hydrogens (tertiary/aromatic N) is 1. The maximum Gasteiger partial charge on any atom is 0.242 e. The van der Waals surface area contributed by atoms with Crippen LogP contribution in [0.5, 0.6) is 0 Å². The summed E-state index contributed by atoms with van der Waals surface area (Å²) in [6, 6.07) is 11.1. The molecule has 8 heteroatoms. The number of halogens is 3. The number of benzene rings is 2. The van der Waals surface area contributed by atoms with E-state index in [0.717, 1.165) is 18.4 Å². The van der Waals surface area contributed by atoms with E-state index in [1.807, 2.05) is 6.92 Å². The van der Waals surface area contributed by atoms with E-state index >= 15 is 0 Å². The van der Waals surface area contributed by atoms with Gasteiger partial charge in [-0.1, -0.05) is 67.7 Å². The third-order valence-electron chi connectivity index (χ3n) is 4.99. The Morgan fingerprint density at radius 3 is 2.53 bits per heavy atom. The van der Waals surface area contributed by atoms with Crippen LogP contribution < -0.4 is 5.32 Å². The first kappa shape index (κ1) is 26.5. The standard InChI is InChI=1S/C24H29Cl2FN2O2S/c1-3-5-12-28-24(31)22(4-2)29(14-17-10-11-19(25)20(26)13-17)23(30)16-32-15-18-8-6-7-9-21(18)27/h6-11,13,22H,3-5,12,14-16H2,1-2H3,(H,28,31)/t22-/m0/s1. The second-order valence-corrected chi connectivity index (χ2v) is 9.22. The smallest absolute Gasteiger partial charge is 0.242 e. The Balaban J connectivity index is 2.15. The fourth-order valence-electron chi connectivity index (χ4n) is 3.21. The van der Waals surface area contributed by atoms with Gasteiger partial charge in [0, 0.05) is 18.8 Å². The topological polar surface area (TPSA) is 49.4 Å². The lowest BCUT2D eigenvalue weighted by molar-refractivity contribution is -0.139. The fraction of sp³-hybridized carbons (Fsp3) is 0.417. The van der Waals surface area contributed by atoms with E-state index in [4.69, 9.17) is 23.2 Å². The average Bonchev–Trinajstić information content (AvgIpc) is 2.77. The Morgan fingerprint density at radius 1 is 1.12 bits per heavy atom. The van der Waals surface area contributed by atoms with Gasteiger partial charge in [-0.2, -0.15) is 0 Å². The molecule has 0 saturated carbocycles. The number of thioether (sulfide) groups is 1. The summed E-state index contributed by atoms with van der Waals surface area (Å²) in [7, 11) is 0. The third kappa shape index (κ3) is 7.98. The normalized spacial score (nSPS) is 11.8. The van der Waals surface area contributed by atoms with E-state index in [2.05, 4.69) is 12.2 Å². The Bertz CT molecular complexity index is 913. The molecule has 2 rings (SSSR count). The van der Waals surface area contributed by atoms with Crippen molar-refractivity contribution in [2.24, 2.45) is 0 Å². The number of carbonyl (C=O) groups excluding carboxylic acids is 2. The largest absolute Gasteiger partial charge is 0.354 e. The molecule has 0 bridgehead atoms.